The molecule has 0 amide bonds. The number of unbranched alkanes of at least 4 members (excludes halogenated alkanes) is 5. The minimum atomic E-state index is -0.247. The van der Waals surface area contributed by atoms with Crippen molar-refractivity contribution < 1.29 is 19.2 Å². The van der Waals surface area contributed by atoms with E-state index < -0.39 is 0 Å². The smallest absolute Gasteiger partial charge is 0.344 e. The predicted octanol–water partition coefficient (Wildman–Crippen LogP) is 4.37. The number of ether oxygens (including phenoxy) is 1. The number of fused-ring (bicyclic) bond motifs is 1. The highest BCUT2D eigenvalue weighted by Crippen LogP contribution is 2.21. The Morgan fingerprint density at radius 2 is 1.86 bits per heavy atom. The predicted molar refractivity (Wildman–Crippen MR) is 109 cm³/mol. The SMILES string of the molecule is C[n+]1cccc(C(=O)OCCCCCCCCn2ccc3cc(O)ccc32)c1. The lowest BCUT2D eigenvalue weighted by molar-refractivity contribution is -0.671. The van der Waals surface area contributed by atoms with Crippen molar-refractivity contribution in [2.45, 2.75) is 45.1 Å². The van der Waals surface area contributed by atoms with E-state index in [1.807, 2.05) is 36.0 Å². The maximum atomic E-state index is 11.9. The first-order valence-corrected chi connectivity index (χ1v) is 10.0. The van der Waals surface area contributed by atoms with Crippen molar-refractivity contribution in [1.82, 2.24) is 4.57 Å². The molecule has 0 unspecified atom stereocenters. The lowest BCUT2D eigenvalue weighted by atomic mass is 10.1. The molecule has 148 valence electrons. The zero-order chi connectivity index (χ0) is 19.8. The van der Waals surface area contributed by atoms with Crippen molar-refractivity contribution in [3.8, 4) is 5.75 Å². The molecule has 0 saturated carbocycles. The summed E-state index contributed by atoms with van der Waals surface area (Å²) in [6.45, 7) is 1.49. The Morgan fingerprint density at radius 3 is 2.68 bits per heavy atom. The molecule has 0 bridgehead atoms. The molecule has 2 heterocycles. The molecule has 5 heteroatoms. The van der Waals surface area contributed by atoms with Crippen LogP contribution in [0.1, 0.15) is 48.9 Å². The standard InChI is InChI=1S/C23H28N2O3/c1-24-13-8-9-20(18-24)23(27)28-16-7-5-3-2-4-6-14-25-15-12-19-17-21(26)10-11-22(19)25/h8-13,15,17-18H,2-7,14,16H2,1H3/p+1. The van der Waals surface area contributed by atoms with Crippen molar-refractivity contribution in [1.29, 1.82) is 0 Å². The number of esters is 1. The van der Waals surface area contributed by atoms with Crippen molar-refractivity contribution in [3.05, 3.63) is 60.6 Å². The van der Waals surface area contributed by atoms with E-state index >= 15 is 0 Å². The zero-order valence-corrected chi connectivity index (χ0v) is 16.5. The van der Waals surface area contributed by atoms with Gasteiger partial charge in [-0.25, -0.2) is 9.36 Å². The second-order valence-electron chi connectivity index (χ2n) is 7.27. The Bertz CT molecular complexity index is 917. The molecule has 28 heavy (non-hydrogen) atoms. The third-order valence-corrected chi connectivity index (χ3v) is 4.96. The Hall–Kier alpha value is -2.82. The van der Waals surface area contributed by atoms with Crippen LogP contribution < -0.4 is 4.57 Å². The minimum absolute atomic E-state index is 0.247. The number of aromatic nitrogens is 2. The van der Waals surface area contributed by atoms with Gasteiger partial charge in [-0.3, -0.25) is 0 Å². The number of phenols is 1. The van der Waals surface area contributed by atoms with Gasteiger partial charge in [0.2, 0.25) is 0 Å². The number of hydrogen-bond acceptors (Lipinski definition) is 3. The fourth-order valence-electron chi connectivity index (χ4n) is 3.43. The number of aryl methyl sites for hydroxylation is 2. The van der Waals surface area contributed by atoms with Crippen LogP contribution in [0.15, 0.2) is 55.0 Å². The molecule has 0 fully saturated rings. The third kappa shape index (κ3) is 5.59. The van der Waals surface area contributed by atoms with Gasteiger partial charge >= 0.3 is 5.97 Å². The topological polar surface area (TPSA) is 55.3 Å². The van der Waals surface area contributed by atoms with Gasteiger partial charge in [-0.1, -0.05) is 25.7 Å². The number of hydrogen-bond donors (Lipinski definition) is 1. The molecule has 0 radical (unpaired) electrons. The van der Waals surface area contributed by atoms with Gasteiger partial charge in [-0.2, -0.15) is 0 Å². The number of nitrogens with zero attached hydrogens (tertiary/aromatic N) is 2. The van der Waals surface area contributed by atoms with Crippen LogP contribution >= 0.6 is 0 Å². The average molecular weight is 381 g/mol. The first kappa shape index (κ1) is 19.9. The van der Waals surface area contributed by atoms with Gasteiger partial charge in [0.1, 0.15) is 18.4 Å². The van der Waals surface area contributed by atoms with Gasteiger partial charge in [0.05, 0.1) is 6.61 Å². The van der Waals surface area contributed by atoms with E-state index in [4.69, 9.17) is 4.74 Å². The van der Waals surface area contributed by atoms with Crippen LogP contribution in [0.5, 0.6) is 5.75 Å². The van der Waals surface area contributed by atoms with E-state index in [-0.39, 0.29) is 5.97 Å². The van der Waals surface area contributed by atoms with Crippen LogP contribution in [0.2, 0.25) is 0 Å². The van der Waals surface area contributed by atoms with Gasteiger partial charge in [0.25, 0.3) is 0 Å². The summed E-state index contributed by atoms with van der Waals surface area (Å²) in [7, 11) is 1.89. The number of benzene rings is 1. The van der Waals surface area contributed by atoms with Gasteiger partial charge in [0.15, 0.2) is 12.4 Å². The lowest BCUT2D eigenvalue weighted by Crippen LogP contribution is -2.28. The average Bonchev–Trinajstić information content (AvgIpc) is 3.08. The van der Waals surface area contributed by atoms with Gasteiger partial charge in [-0.15, -0.1) is 0 Å². The van der Waals surface area contributed by atoms with Crippen LogP contribution in [0.4, 0.5) is 0 Å². The van der Waals surface area contributed by atoms with Crippen molar-refractivity contribution in [3.63, 3.8) is 0 Å². The first-order chi connectivity index (χ1) is 13.6. The molecule has 0 atom stereocenters. The summed E-state index contributed by atoms with van der Waals surface area (Å²) in [5.41, 5.74) is 1.77. The number of rotatable bonds is 10. The molecular formula is C23H29N2O3+. The van der Waals surface area contributed by atoms with E-state index in [2.05, 4.69) is 10.8 Å². The molecule has 1 N–H and O–H groups in total. The molecule has 0 spiro atoms. The fourth-order valence-corrected chi connectivity index (χ4v) is 3.43. The Labute approximate surface area is 166 Å². The minimum Gasteiger partial charge on any atom is -0.508 e. The van der Waals surface area contributed by atoms with Crippen molar-refractivity contribution >= 4 is 16.9 Å². The van der Waals surface area contributed by atoms with E-state index in [1.165, 1.54) is 18.4 Å². The molecule has 0 saturated heterocycles. The van der Waals surface area contributed by atoms with E-state index in [9.17, 15) is 9.90 Å². The highest BCUT2D eigenvalue weighted by molar-refractivity contribution is 5.88. The summed E-state index contributed by atoms with van der Waals surface area (Å²) >= 11 is 0. The maximum absolute atomic E-state index is 11.9. The normalized spacial score (nSPS) is 11.0. The third-order valence-electron chi connectivity index (χ3n) is 4.96. The van der Waals surface area contributed by atoms with Crippen molar-refractivity contribution in [2.24, 2.45) is 7.05 Å². The second kappa shape index (κ2) is 9.93. The fraction of sp³-hybridized carbons (Fsp3) is 0.391. The molecule has 1 aromatic carbocycles. The largest absolute Gasteiger partial charge is 0.508 e. The van der Waals surface area contributed by atoms with Crippen LogP contribution in [-0.4, -0.2) is 22.2 Å². The Morgan fingerprint density at radius 1 is 1.07 bits per heavy atom. The Balaban J connectivity index is 1.25. The van der Waals surface area contributed by atoms with Crippen LogP contribution in [0.3, 0.4) is 0 Å². The van der Waals surface area contributed by atoms with Crippen molar-refractivity contribution in [2.75, 3.05) is 6.61 Å². The summed E-state index contributed by atoms with van der Waals surface area (Å²) < 4.78 is 9.43. The second-order valence-corrected chi connectivity index (χ2v) is 7.27. The highest BCUT2D eigenvalue weighted by Gasteiger charge is 2.10. The highest BCUT2D eigenvalue weighted by atomic mass is 16.5. The molecule has 0 aliphatic heterocycles. The molecule has 3 aromatic rings. The Kier molecular flexibility index (Phi) is 7.06. The van der Waals surface area contributed by atoms with Gasteiger partial charge in [0, 0.05) is 29.7 Å². The van der Waals surface area contributed by atoms with E-state index in [0.29, 0.717) is 17.9 Å². The molecule has 0 aliphatic rings. The molecular weight excluding hydrogens is 352 g/mol. The van der Waals surface area contributed by atoms with Crippen LogP contribution in [-0.2, 0) is 18.3 Å². The number of phenolic OH excluding ortho intramolecular Hbond substituents is 1. The van der Waals surface area contributed by atoms with Gasteiger partial charge in [-0.05, 0) is 43.2 Å². The quantitative estimate of drug-likeness (QED) is 0.322. The number of carbonyl (C=O) groups is 1. The number of aromatic hydroxyl groups is 1. The summed E-state index contributed by atoms with van der Waals surface area (Å²) in [6.07, 6.45) is 12.5. The first-order valence-electron chi connectivity index (χ1n) is 10.0. The van der Waals surface area contributed by atoms with E-state index in [0.717, 1.165) is 37.6 Å². The summed E-state index contributed by atoms with van der Waals surface area (Å²) in [6, 6.07) is 11.2. The molecule has 0 aliphatic carbocycles. The number of pyridine rings is 1. The van der Waals surface area contributed by atoms with E-state index in [1.54, 1.807) is 24.4 Å². The van der Waals surface area contributed by atoms with Gasteiger partial charge < -0.3 is 14.4 Å². The molecule has 5 nitrogen and oxygen atoms in total. The summed E-state index contributed by atoms with van der Waals surface area (Å²) in [5, 5.41) is 10.6. The summed E-state index contributed by atoms with van der Waals surface area (Å²) in [4.78, 5) is 11.9. The maximum Gasteiger partial charge on any atom is 0.344 e. The summed E-state index contributed by atoms with van der Waals surface area (Å²) in [5.74, 6) is 0.0668. The molecule has 2 aromatic heterocycles. The lowest BCUT2D eigenvalue weighted by Gasteiger charge is -2.06. The monoisotopic (exact) mass is 381 g/mol. The molecule has 3 rings (SSSR count). The van der Waals surface area contributed by atoms with Crippen LogP contribution in [0.25, 0.3) is 10.9 Å². The zero-order valence-electron chi connectivity index (χ0n) is 16.5. The number of carbonyl (C=O) groups excluding carboxylic acids is 1. The van der Waals surface area contributed by atoms with Crippen LogP contribution in [0, 0.1) is 0 Å².